The molecular weight excluding hydrogens is 258 g/mol. The molecule has 0 N–H and O–H groups in total. The second-order valence-electron chi connectivity index (χ2n) is 5.74. The van der Waals surface area contributed by atoms with Crippen molar-refractivity contribution in [3.63, 3.8) is 0 Å². The minimum absolute atomic E-state index is 0.0612. The topological polar surface area (TPSA) is 22.0 Å². The minimum atomic E-state index is 0.0612. The average molecular weight is 277 g/mol. The first-order valence-corrected chi connectivity index (χ1v) is 7.30. The molecule has 1 heterocycles. The third kappa shape index (κ3) is 2.27. The van der Waals surface area contributed by atoms with Crippen LogP contribution in [0.4, 0.5) is 0 Å². The highest BCUT2D eigenvalue weighted by Gasteiger charge is 2.14. The molecule has 106 valence electrons. The number of aryl methyl sites for hydroxylation is 1. The Morgan fingerprint density at radius 1 is 0.952 bits per heavy atom. The lowest BCUT2D eigenvalue weighted by molar-refractivity contribution is 0.763. The Morgan fingerprint density at radius 2 is 1.62 bits per heavy atom. The molecule has 3 aromatic rings. The monoisotopic (exact) mass is 277 g/mol. The van der Waals surface area contributed by atoms with Crippen LogP contribution < -0.4 is 5.56 Å². The van der Waals surface area contributed by atoms with E-state index in [4.69, 9.17) is 0 Å². The van der Waals surface area contributed by atoms with Crippen LogP contribution in [0.5, 0.6) is 0 Å². The van der Waals surface area contributed by atoms with E-state index in [1.54, 1.807) is 0 Å². The Balaban J connectivity index is 2.46. The van der Waals surface area contributed by atoms with Gasteiger partial charge in [0, 0.05) is 11.1 Å². The van der Waals surface area contributed by atoms with Gasteiger partial charge in [-0.15, -0.1) is 0 Å². The molecule has 2 aromatic carbocycles. The van der Waals surface area contributed by atoms with Gasteiger partial charge in [-0.1, -0.05) is 50.2 Å². The van der Waals surface area contributed by atoms with Crippen molar-refractivity contribution >= 4 is 10.8 Å². The van der Waals surface area contributed by atoms with E-state index in [9.17, 15) is 4.79 Å². The molecule has 0 saturated heterocycles. The summed E-state index contributed by atoms with van der Waals surface area (Å²) in [6.07, 6.45) is 0. The van der Waals surface area contributed by atoms with E-state index >= 15 is 0 Å². The smallest absolute Gasteiger partial charge is 0.263 e. The fourth-order valence-corrected chi connectivity index (χ4v) is 2.77. The van der Waals surface area contributed by atoms with Crippen molar-refractivity contribution in [2.45, 2.75) is 26.7 Å². The predicted octanol–water partition coefficient (Wildman–Crippen LogP) is 4.42. The van der Waals surface area contributed by atoms with Crippen molar-refractivity contribution in [1.82, 2.24) is 4.57 Å². The van der Waals surface area contributed by atoms with Crippen LogP contribution in [0.25, 0.3) is 16.5 Å². The van der Waals surface area contributed by atoms with Gasteiger partial charge in [-0.3, -0.25) is 9.36 Å². The summed E-state index contributed by atoms with van der Waals surface area (Å²) in [5.41, 5.74) is 3.19. The Hall–Kier alpha value is -2.35. The average Bonchev–Trinajstić information content (AvgIpc) is 2.48. The first-order valence-electron chi connectivity index (χ1n) is 7.30. The highest BCUT2D eigenvalue weighted by atomic mass is 16.1. The predicted molar refractivity (Wildman–Crippen MR) is 88.4 cm³/mol. The van der Waals surface area contributed by atoms with Crippen LogP contribution >= 0.6 is 0 Å². The van der Waals surface area contributed by atoms with E-state index in [1.807, 2.05) is 60.0 Å². The summed E-state index contributed by atoms with van der Waals surface area (Å²) in [4.78, 5) is 13.0. The Kier molecular flexibility index (Phi) is 3.38. The summed E-state index contributed by atoms with van der Waals surface area (Å²) >= 11 is 0. The molecule has 0 spiro atoms. The molecule has 3 rings (SSSR count). The number of hydrogen-bond acceptors (Lipinski definition) is 1. The van der Waals surface area contributed by atoms with Crippen molar-refractivity contribution in [2.24, 2.45) is 0 Å². The van der Waals surface area contributed by atoms with Crippen molar-refractivity contribution in [3.05, 3.63) is 76.2 Å². The van der Waals surface area contributed by atoms with Gasteiger partial charge in [0.2, 0.25) is 0 Å². The first-order chi connectivity index (χ1) is 10.1. The van der Waals surface area contributed by atoms with Crippen molar-refractivity contribution in [2.75, 3.05) is 0 Å². The number of rotatable bonds is 2. The third-order valence-corrected chi connectivity index (χ3v) is 3.90. The van der Waals surface area contributed by atoms with E-state index in [-0.39, 0.29) is 11.5 Å². The van der Waals surface area contributed by atoms with Crippen LogP contribution in [0.3, 0.4) is 0 Å². The van der Waals surface area contributed by atoms with Crippen LogP contribution in [0.2, 0.25) is 0 Å². The lowest BCUT2D eigenvalue weighted by Gasteiger charge is -2.18. The first kappa shape index (κ1) is 13.6. The molecule has 2 nitrogen and oxygen atoms in total. The Bertz CT molecular complexity index is 859. The van der Waals surface area contributed by atoms with Crippen LogP contribution in [0.1, 0.15) is 31.0 Å². The standard InChI is InChI=1S/C19H19NO/c1-13(2)18-12-15-9-5-6-10-16(15)19(21)20(18)17-11-7-4-8-14(17)3/h4-13H,1-3H3. The van der Waals surface area contributed by atoms with Gasteiger partial charge in [0.05, 0.1) is 5.69 Å². The third-order valence-electron chi connectivity index (χ3n) is 3.90. The Morgan fingerprint density at radius 3 is 2.33 bits per heavy atom. The van der Waals surface area contributed by atoms with Gasteiger partial charge >= 0.3 is 0 Å². The number of hydrogen-bond donors (Lipinski definition) is 0. The SMILES string of the molecule is Cc1ccccc1-n1c(C(C)C)cc2ccccc2c1=O. The van der Waals surface area contributed by atoms with E-state index in [0.717, 1.165) is 27.7 Å². The molecule has 0 saturated carbocycles. The van der Waals surface area contributed by atoms with Crippen molar-refractivity contribution < 1.29 is 0 Å². The molecule has 0 aliphatic carbocycles. The molecule has 0 bridgehead atoms. The zero-order valence-corrected chi connectivity index (χ0v) is 12.6. The van der Waals surface area contributed by atoms with E-state index in [1.165, 1.54) is 0 Å². The molecule has 0 aliphatic rings. The molecular formula is C19H19NO. The van der Waals surface area contributed by atoms with Gasteiger partial charge in [0.15, 0.2) is 0 Å². The van der Waals surface area contributed by atoms with Gasteiger partial charge in [-0.2, -0.15) is 0 Å². The fraction of sp³-hybridized carbons (Fsp3) is 0.211. The van der Waals surface area contributed by atoms with Crippen LogP contribution in [0, 0.1) is 6.92 Å². The van der Waals surface area contributed by atoms with Gasteiger partial charge in [-0.25, -0.2) is 0 Å². The molecule has 2 heteroatoms. The fourth-order valence-electron chi connectivity index (χ4n) is 2.77. The second kappa shape index (κ2) is 5.21. The number of benzene rings is 2. The molecule has 0 aliphatic heterocycles. The van der Waals surface area contributed by atoms with Crippen molar-refractivity contribution in [1.29, 1.82) is 0 Å². The summed E-state index contributed by atoms with van der Waals surface area (Å²) in [5, 5.41) is 1.78. The number of fused-ring (bicyclic) bond motifs is 1. The highest BCUT2D eigenvalue weighted by Crippen LogP contribution is 2.23. The van der Waals surface area contributed by atoms with Crippen LogP contribution in [-0.4, -0.2) is 4.57 Å². The lowest BCUT2D eigenvalue weighted by atomic mass is 10.0. The summed E-state index contributed by atoms with van der Waals surface area (Å²) in [5.74, 6) is 0.280. The van der Waals surface area contributed by atoms with Crippen LogP contribution in [0.15, 0.2) is 59.4 Å². The largest absolute Gasteiger partial charge is 0.280 e. The van der Waals surface area contributed by atoms with Gasteiger partial charge < -0.3 is 0 Å². The highest BCUT2D eigenvalue weighted by molar-refractivity contribution is 5.82. The van der Waals surface area contributed by atoms with Crippen LogP contribution in [-0.2, 0) is 0 Å². The maximum Gasteiger partial charge on any atom is 0.263 e. The molecule has 21 heavy (non-hydrogen) atoms. The maximum atomic E-state index is 13.0. The summed E-state index contributed by atoms with van der Waals surface area (Å²) < 4.78 is 1.86. The second-order valence-corrected chi connectivity index (χ2v) is 5.74. The number of nitrogens with zero attached hydrogens (tertiary/aromatic N) is 1. The van der Waals surface area contributed by atoms with Gasteiger partial charge in [-0.05, 0) is 42.0 Å². The lowest BCUT2D eigenvalue weighted by Crippen LogP contribution is -2.23. The molecule has 0 amide bonds. The van der Waals surface area contributed by atoms with E-state index in [2.05, 4.69) is 19.9 Å². The Labute approximate surface area is 124 Å². The van der Waals surface area contributed by atoms with E-state index in [0.29, 0.717) is 0 Å². The number of aromatic nitrogens is 1. The van der Waals surface area contributed by atoms with Gasteiger partial charge in [0.1, 0.15) is 0 Å². The van der Waals surface area contributed by atoms with E-state index < -0.39 is 0 Å². The number of pyridine rings is 1. The van der Waals surface area contributed by atoms with Gasteiger partial charge in [0.25, 0.3) is 5.56 Å². The summed E-state index contributed by atoms with van der Waals surface area (Å²) in [6, 6.07) is 18.0. The quantitative estimate of drug-likeness (QED) is 0.679. The molecule has 0 unspecified atom stereocenters. The molecule has 1 aromatic heterocycles. The summed E-state index contributed by atoms with van der Waals surface area (Å²) in [7, 11) is 0. The molecule has 0 atom stereocenters. The maximum absolute atomic E-state index is 13.0. The summed E-state index contributed by atoms with van der Waals surface area (Å²) in [6.45, 7) is 6.29. The van der Waals surface area contributed by atoms with Crippen molar-refractivity contribution in [3.8, 4) is 5.69 Å². The number of para-hydroxylation sites is 1. The molecule has 0 fully saturated rings. The molecule has 0 radical (unpaired) electrons. The zero-order chi connectivity index (χ0) is 15.0. The minimum Gasteiger partial charge on any atom is -0.280 e. The zero-order valence-electron chi connectivity index (χ0n) is 12.6. The normalized spacial score (nSPS) is 11.2.